The molecule has 1 aliphatic heterocycles. The van der Waals surface area contributed by atoms with E-state index in [1.807, 2.05) is 7.05 Å². The highest BCUT2D eigenvalue weighted by Gasteiger charge is 2.31. The minimum atomic E-state index is 0.0881. The molecule has 82 valence electrons. The predicted molar refractivity (Wildman–Crippen MR) is 62.8 cm³/mol. The Balaban J connectivity index is 2.59. The minimum Gasteiger partial charge on any atom is -0.386 e. The molecule has 0 bridgehead atoms. The Bertz CT molecular complexity index is 210. The van der Waals surface area contributed by atoms with E-state index in [9.17, 15) is 0 Å². The fraction of sp³-hybridized carbons (Fsp3) is 0.875. The van der Waals surface area contributed by atoms with Crippen molar-refractivity contribution in [2.45, 2.75) is 10.7 Å². The van der Waals surface area contributed by atoms with E-state index in [1.54, 1.807) is 35.7 Å². The van der Waals surface area contributed by atoms with Crippen LogP contribution in [0.25, 0.3) is 0 Å². The third-order valence-electron chi connectivity index (χ3n) is 1.87. The number of rotatable bonds is 5. The van der Waals surface area contributed by atoms with Crippen LogP contribution in [0.2, 0.25) is 0 Å². The second-order valence-corrected chi connectivity index (χ2v) is 5.10. The average molecular weight is 236 g/mol. The summed E-state index contributed by atoms with van der Waals surface area (Å²) in [6.07, 6.45) is 4.25. The first kappa shape index (κ1) is 12.2. The SMILES string of the molecule is COCC1=NC(C(SC)SC)N(C)O1. The Morgan fingerprint density at radius 2 is 2.21 bits per heavy atom. The summed E-state index contributed by atoms with van der Waals surface area (Å²) >= 11 is 3.57. The number of aliphatic imine (C=N–C) groups is 1. The van der Waals surface area contributed by atoms with Crippen LogP contribution in [-0.2, 0) is 9.57 Å². The van der Waals surface area contributed by atoms with Crippen molar-refractivity contribution >= 4 is 29.4 Å². The van der Waals surface area contributed by atoms with Crippen LogP contribution in [0.3, 0.4) is 0 Å². The number of hydroxylamine groups is 2. The third kappa shape index (κ3) is 2.79. The largest absolute Gasteiger partial charge is 0.386 e. The molecule has 4 nitrogen and oxygen atoms in total. The van der Waals surface area contributed by atoms with Gasteiger partial charge in [-0.2, -0.15) is 0 Å². The van der Waals surface area contributed by atoms with E-state index in [4.69, 9.17) is 9.57 Å². The van der Waals surface area contributed by atoms with Crippen LogP contribution >= 0.6 is 23.5 Å². The van der Waals surface area contributed by atoms with E-state index >= 15 is 0 Å². The van der Waals surface area contributed by atoms with Gasteiger partial charge in [0.15, 0.2) is 6.17 Å². The molecular weight excluding hydrogens is 220 g/mol. The molecule has 6 heteroatoms. The molecule has 1 aliphatic rings. The number of hydrogen-bond donors (Lipinski definition) is 0. The van der Waals surface area contributed by atoms with Crippen LogP contribution in [0.15, 0.2) is 4.99 Å². The van der Waals surface area contributed by atoms with E-state index in [2.05, 4.69) is 17.5 Å². The highest BCUT2D eigenvalue weighted by molar-refractivity contribution is 8.16. The minimum absolute atomic E-state index is 0.0881. The second kappa shape index (κ2) is 5.85. The molecule has 0 spiro atoms. The Morgan fingerprint density at radius 3 is 2.71 bits per heavy atom. The van der Waals surface area contributed by atoms with Gasteiger partial charge in [-0.3, -0.25) is 0 Å². The van der Waals surface area contributed by atoms with Crippen molar-refractivity contribution in [2.75, 3.05) is 33.3 Å². The van der Waals surface area contributed by atoms with Gasteiger partial charge in [-0.1, -0.05) is 0 Å². The summed E-state index contributed by atoms with van der Waals surface area (Å²) < 4.78 is 5.37. The Hall–Kier alpha value is 0.0900. The van der Waals surface area contributed by atoms with Crippen molar-refractivity contribution in [3.8, 4) is 0 Å². The summed E-state index contributed by atoms with van der Waals surface area (Å²) in [5.41, 5.74) is 0. The standard InChI is InChI=1S/C8H16N2O2S2/c1-10-7(8(13-3)14-4)9-6(12-10)5-11-2/h7-8H,5H2,1-4H3. The van der Waals surface area contributed by atoms with Gasteiger partial charge in [0.05, 0.1) is 4.58 Å². The normalized spacial score (nSPS) is 22.6. The molecule has 1 atom stereocenters. The molecule has 1 unspecified atom stereocenters. The predicted octanol–water partition coefficient (Wildman–Crippen LogP) is 1.29. The summed E-state index contributed by atoms with van der Waals surface area (Å²) in [6, 6.07) is 0. The molecule has 14 heavy (non-hydrogen) atoms. The van der Waals surface area contributed by atoms with Crippen LogP contribution in [0.4, 0.5) is 0 Å². The van der Waals surface area contributed by atoms with Gasteiger partial charge in [-0.25, -0.2) is 4.99 Å². The van der Waals surface area contributed by atoms with Crippen molar-refractivity contribution in [1.29, 1.82) is 0 Å². The number of thioether (sulfide) groups is 2. The summed E-state index contributed by atoms with van der Waals surface area (Å²) in [7, 11) is 3.54. The summed E-state index contributed by atoms with van der Waals surface area (Å²) in [5.74, 6) is 0.660. The van der Waals surface area contributed by atoms with Crippen LogP contribution in [-0.4, -0.2) is 55.0 Å². The van der Waals surface area contributed by atoms with Crippen molar-refractivity contribution < 1.29 is 9.57 Å². The molecular formula is C8H16N2O2S2. The quantitative estimate of drug-likeness (QED) is 0.672. The monoisotopic (exact) mass is 236 g/mol. The maximum Gasteiger partial charge on any atom is 0.237 e. The van der Waals surface area contributed by atoms with Crippen LogP contribution < -0.4 is 0 Å². The molecule has 0 fully saturated rings. The smallest absolute Gasteiger partial charge is 0.237 e. The van der Waals surface area contributed by atoms with Gasteiger partial charge in [-0.15, -0.1) is 28.6 Å². The zero-order valence-electron chi connectivity index (χ0n) is 8.89. The molecule has 0 radical (unpaired) electrons. The van der Waals surface area contributed by atoms with Gasteiger partial charge in [0.25, 0.3) is 0 Å². The van der Waals surface area contributed by atoms with E-state index in [0.717, 1.165) is 0 Å². The molecule has 0 amide bonds. The van der Waals surface area contributed by atoms with E-state index in [0.29, 0.717) is 17.1 Å². The molecule has 0 aromatic heterocycles. The highest BCUT2D eigenvalue weighted by atomic mass is 32.2. The Labute approximate surface area is 93.4 Å². The summed E-state index contributed by atoms with van der Waals surface area (Å²) in [5, 5.41) is 1.78. The van der Waals surface area contributed by atoms with Crippen LogP contribution in [0, 0.1) is 0 Å². The number of methoxy groups -OCH3 is 1. The molecule has 0 aromatic carbocycles. The number of hydrogen-bond acceptors (Lipinski definition) is 6. The van der Waals surface area contributed by atoms with Crippen molar-refractivity contribution in [3.05, 3.63) is 0 Å². The number of ether oxygens (including phenoxy) is 1. The molecule has 1 heterocycles. The lowest BCUT2D eigenvalue weighted by Crippen LogP contribution is -2.32. The van der Waals surface area contributed by atoms with Gasteiger partial charge in [0, 0.05) is 14.2 Å². The van der Waals surface area contributed by atoms with E-state index in [1.165, 1.54) is 0 Å². The first-order valence-electron chi connectivity index (χ1n) is 4.25. The van der Waals surface area contributed by atoms with Crippen molar-refractivity contribution in [3.63, 3.8) is 0 Å². The van der Waals surface area contributed by atoms with Crippen molar-refractivity contribution in [1.82, 2.24) is 5.06 Å². The highest BCUT2D eigenvalue weighted by Crippen LogP contribution is 2.28. The fourth-order valence-electron chi connectivity index (χ4n) is 1.23. The lowest BCUT2D eigenvalue weighted by molar-refractivity contribution is -0.0567. The van der Waals surface area contributed by atoms with E-state index in [-0.39, 0.29) is 6.17 Å². The first-order chi connectivity index (χ1) is 6.72. The Kier molecular flexibility index (Phi) is 5.08. The van der Waals surface area contributed by atoms with Gasteiger partial charge >= 0.3 is 0 Å². The van der Waals surface area contributed by atoms with Gasteiger partial charge in [-0.05, 0) is 12.5 Å². The van der Waals surface area contributed by atoms with E-state index < -0.39 is 0 Å². The average Bonchev–Trinajstić information content (AvgIpc) is 2.51. The topological polar surface area (TPSA) is 34.1 Å². The van der Waals surface area contributed by atoms with Crippen LogP contribution in [0.1, 0.15) is 0 Å². The summed E-state index contributed by atoms with van der Waals surface area (Å²) in [6.45, 7) is 0.441. The second-order valence-electron chi connectivity index (χ2n) is 2.85. The maximum absolute atomic E-state index is 5.43. The lowest BCUT2D eigenvalue weighted by Gasteiger charge is -2.21. The molecule has 0 aromatic rings. The summed E-state index contributed by atoms with van der Waals surface area (Å²) in [4.78, 5) is 9.89. The molecule has 0 saturated heterocycles. The third-order valence-corrected chi connectivity index (χ3v) is 4.44. The number of nitrogens with zero attached hydrogens (tertiary/aromatic N) is 2. The molecule has 1 rings (SSSR count). The van der Waals surface area contributed by atoms with Gasteiger partial charge in [0.2, 0.25) is 5.90 Å². The zero-order valence-corrected chi connectivity index (χ0v) is 10.5. The van der Waals surface area contributed by atoms with Crippen molar-refractivity contribution in [2.24, 2.45) is 4.99 Å². The lowest BCUT2D eigenvalue weighted by atomic mass is 10.5. The van der Waals surface area contributed by atoms with Crippen LogP contribution in [0.5, 0.6) is 0 Å². The molecule has 0 aliphatic carbocycles. The fourth-order valence-corrected chi connectivity index (χ4v) is 2.95. The maximum atomic E-state index is 5.43. The van der Waals surface area contributed by atoms with Gasteiger partial charge < -0.3 is 9.57 Å². The molecule has 0 saturated carbocycles. The molecule has 0 N–H and O–H groups in total. The first-order valence-corrected chi connectivity index (χ1v) is 6.82. The van der Waals surface area contributed by atoms with Gasteiger partial charge in [0.1, 0.15) is 6.61 Å². The Morgan fingerprint density at radius 1 is 1.57 bits per heavy atom. The zero-order chi connectivity index (χ0) is 10.6.